The Balaban J connectivity index is 1.74. The number of rotatable bonds is 4. The summed E-state index contributed by atoms with van der Waals surface area (Å²) < 4.78 is 5.14. The van der Waals surface area contributed by atoms with Crippen LogP contribution < -0.4 is 10.9 Å². The van der Waals surface area contributed by atoms with Crippen molar-refractivity contribution in [1.29, 1.82) is 0 Å². The van der Waals surface area contributed by atoms with Crippen LogP contribution in [0.1, 0.15) is 32.2 Å². The predicted molar refractivity (Wildman–Crippen MR) is 105 cm³/mol. The Labute approximate surface area is 159 Å². The zero-order chi connectivity index (χ0) is 19.7. The van der Waals surface area contributed by atoms with Crippen LogP contribution in [0.3, 0.4) is 0 Å². The quantitative estimate of drug-likeness (QED) is 0.672. The van der Waals surface area contributed by atoms with Crippen molar-refractivity contribution in [1.82, 2.24) is 9.97 Å². The molecule has 3 aromatic rings. The molecule has 0 unspecified atom stereocenters. The molecule has 2 heterocycles. The number of thiophene rings is 1. The summed E-state index contributed by atoms with van der Waals surface area (Å²) in [7, 11) is 0. The van der Waals surface area contributed by atoms with Crippen LogP contribution >= 0.6 is 11.3 Å². The van der Waals surface area contributed by atoms with Gasteiger partial charge in [-0.1, -0.05) is 18.2 Å². The number of hydrogen-bond donors (Lipinski definition) is 2. The third kappa shape index (κ3) is 3.75. The van der Waals surface area contributed by atoms with Gasteiger partial charge in [-0.15, -0.1) is 11.3 Å². The van der Waals surface area contributed by atoms with Gasteiger partial charge >= 0.3 is 5.97 Å². The first-order valence-corrected chi connectivity index (χ1v) is 9.12. The van der Waals surface area contributed by atoms with Gasteiger partial charge in [0.05, 0.1) is 5.39 Å². The minimum absolute atomic E-state index is 0.272. The Morgan fingerprint density at radius 2 is 1.85 bits per heavy atom. The highest BCUT2D eigenvalue weighted by Crippen LogP contribution is 2.27. The molecule has 0 spiro atoms. The second kappa shape index (κ2) is 7.32. The number of ether oxygens (including phenoxy) is 1. The van der Waals surface area contributed by atoms with Gasteiger partial charge in [-0.25, -0.2) is 9.78 Å². The summed E-state index contributed by atoms with van der Waals surface area (Å²) in [5.74, 6) is -0.600. The lowest BCUT2D eigenvalue weighted by Crippen LogP contribution is -2.21. The topological polar surface area (TPSA) is 101 Å². The fourth-order valence-electron chi connectivity index (χ4n) is 2.83. The Kier molecular flexibility index (Phi) is 5.09. The van der Waals surface area contributed by atoms with E-state index in [1.807, 2.05) is 32.0 Å². The van der Waals surface area contributed by atoms with Gasteiger partial charge in [-0.05, 0) is 44.4 Å². The lowest BCUT2D eigenvalue weighted by Gasteiger charge is -2.11. The second-order valence-corrected chi connectivity index (χ2v) is 7.28. The van der Waals surface area contributed by atoms with Crippen LogP contribution in [0.15, 0.2) is 23.0 Å². The number of anilines is 1. The van der Waals surface area contributed by atoms with Gasteiger partial charge < -0.3 is 15.0 Å². The molecule has 0 saturated carbocycles. The van der Waals surface area contributed by atoms with E-state index in [9.17, 15) is 14.4 Å². The average Bonchev–Trinajstić information content (AvgIpc) is 2.93. The molecule has 8 heteroatoms. The number of aromatic amines is 1. The molecule has 0 aliphatic heterocycles. The van der Waals surface area contributed by atoms with Crippen LogP contribution in [0.5, 0.6) is 0 Å². The number of carbonyl (C=O) groups is 2. The Morgan fingerprint density at radius 3 is 2.52 bits per heavy atom. The summed E-state index contributed by atoms with van der Waals surface area (Å²) in [6.07, 6.45) is 0. The van der Waals surface area contributed by atoms with E-state index in [4.69, 9.17) is 4.74 Å². The maximum atomic E-state index is 12.4. The number of benzene rings is 1. The number of nitrogens with zero attached hydrogens (tertiary/aromatic N) is 1. The maximum absolute atomic E-state index is 12.4. The molecule has 2 aromatic heterocycles. The van der Waals surface area contributed by atoms with Gasteiger partial charge in [0.25, 0.3) is 11.5 Å². The fraction of sp³-hybridized carbons (Fsp3) is 0.263. The number of H-pyrrole nitrogens is 1. The molecule has 2 N–H and O–H groups in total. The number of aryl methyl sites for hydroxylation is 4. The van der Waals surface area contributed by atoms with Gasteiger partial charge in [0.2, 0.25) is 0 Å². The first-order chi connectivity index (χ1) is 12.8. The van der Waals surface area contributed by atoms with Crippen molar-refractivity contribution in [3.8, 4) is 0 Å². The highest BCUT2D eigenvalue weighted by atomic mass is 32.1. The third-order valence-electron chi connectivity index (χ3n) is 4.18. The molecular formula is C19H19N3O4S. The molecule has 0 fully saturated rings. The molecule has 27 heavy (non-hydrogen) atoms. The number of fused-ring (bicyclic) bond motifs is 1. The molecule has 140 valence electrons. The van der Waals surface area contributed by atoms with Gasteiger partial charge in [0, 0.05) is 5.69 Å². The van der Waals surface area contributed by atoms with Gasteiger partial charge in [-0.2, -0.15) is 0 Å². The Bertz CT molecular complexity index is 1090. The molecule has 0 aliphatic rings. The average molecular weight is 385 g/mol. The maximum Gasteiger partial charge on any atom is 0.349 e. The first kappa shape index (κ1) is 18.8. The number of carbonyl (C=O) groups excluding carboxylic acids is 2. The lowest BCUT2D eigenvalue weighted by atomic mass is 10.1. The zero-order valence-corrected chi connectivity index (χ0v) is 16.2. The van der Waals surface area contributed by atoms with Crippen LogP contribution in [-0.2, 0) is 9.53 Å². The zero-order valence-electron chi connectivity index (χ0n) is 15.4. The normalized spacial score (nSPS) is 10.8. The van der Waals surface area contributed by atoms with Crippen molar-refractivity contribution in [2.45, 2.75) is 27.7 Å². The molecule has 1 aromatic carbocycles. The molecule has 1 amide bonds. The van der Waals surface area contributed by atoms with E-state index in [0.29, 0.717) is 27.3 Å². The minimum Gasteiger partial charge on any atom is -0.451 e. The third-order valence-corrected chi connectivity index (χ3v) is 5.35. The smallest absolute Gasteiger partial charge is 0.349 e. The number of esters is 1. The van der Waals surface area contributed by atoms with E-state index >= 15 is 0 Å². The van der Waals surface area contributed by atoms with E-state index in [2.05, 4.69) is 15.3 Å². The number of para-hydroxylation sites is 1. The summed E-state index contributed by atoms with van der Waals surface area (Å²) in [6.45, 7) is 6.71. The highest BCUT2D eigenvalue weighted by molar-refractivity contribution is 7.20. The number of aromatic nitrogens is 2. The van der Waals surface area contributed by atoms with Crippen LogP contribution in [-0.4, -0.2) is 28.5 Å². The largest absolute Gasteiger partial charge is 0.451 e. The van der Waals surface area contributed by atoms with Crippen LogP contribution in [0.25, 0.3) is 10.2 Å². The highest BCUT2D eigenvalue weighted by Gasteiger charge is 2.21. The molecule has 0 atom stereocenters. The Hall–Kier alpha value is -3.00. The summed E-state index contributed by atoms with van der Waals surface area (Å²) in [5.41, 5.74) is 2.77. The molecule has 0 bridgehead atoms. The van der Waals surface area contributed by atoms with Crippen LogP contribution in [0.4, 0.5) is 5.69 Å². The standard InChI is InChI=1S/C19H19N3O4S/c1-9-6-5-7-10(2)15(9)22-13(23)8-26-19(25)16-11(3)14-17(24)20-12(4)21-18(14)27-16/h5-7H,8H2,1-4H3,(H,22,23)(H,20,21,24). The van der Waals surface area contributed by atoms with Crippen LogP contribution in [0.2, 0.25) is 0 Å². The van der Waals surface area contributed by atoms with E-state index in [1.165, 1.54) is 0 Å². The van der Waals surface area contributed by atoms with Crippen molar-refractivity contribution < 1.29 is 14.3 Å². The van der Waals surface area contributed by atoms with Gasteiger partial charge in [0.15, 0.2) is 6.61 Å². The SMILES string of the molecule is Cc1nc2sc(C(=O)OCC(=O)Nc3c(C)cccc3C)c(C)c2c(=O)[nH]1. The first-order valence-electron chi connectivity index (χ1n) is 8.31. The lowest BCUT2D eigenvalue weighted by molar-refractivity contribution is -0.119. The molecule has 3 rings (SSSR count). The van der Waals surface area contributed by atoms with E-state index in [-0.39, 0.29) is 10.4 Å². The summed E-state index contributed by atoms with van der Waals surface area (Å²) >= 11 is 1.08. The summed E-state index contributed by atoms with van der Waals surface area (Å²) in [5, 5.41) is 3.14. The van der Waals surface area contributed by atoms with Gasteiger partial charge in [-0.3, -0.25) is 9.59 Å². The second-order valence-electron chi connectivity index (χ2n) is 6.28. The summed E-state index contributed by atoms with van der Waals surface area (Å²) in [4.78, 5) is 44.2. The number of nitrogens with one attached hydrogen (secondary N) is 2. The van der Waals surface area contributed by atoms with E-state index < -0.39 is 18.5 Å². The van der Waals surface area contributed by atoms with E-state index in [1.54, 1.807) is 13.8 Å². The van der Waals surface area contributed by atoms with Crippen molar-refractivity contribution >= 4 is 39.1 Å². The van der Waals surface area contributed by atoms with Gasteiger partial charge in [0.1, 0.15) is 15.5 Å². The molecule has 7 nitrogen and oxygen atoms in total. The molecule has 0 radical (unpaired) electrons. The van der Waals surface area contributed by atoms with Crippen molar-refractivity contribution in [2.75, 3.05) is 11.9 Å². The summed E-state index contributed by atoms with van der Waals surface area (Å²) in [6, 6.07) is 5.69. The molecule has 0 aliphatic carbocycles. The molecule has 0 saturated heterocycles. The monoisotopic (exact) mass is 385 g/mol. The molecular weight excluding hydrogens is 366 g/mol. The Morgan fingerprint density at radius 1 is 1.19 bits per heavy atom. The number of amides is 1. The van der Waals surface area contributed by atoms with Crippen LogP contribution in [0, 0.1) is 27.7 Å². The predicted octanol–water partition coefficient (Wildman–Crippen LogP) is 3.01. The fourth-order valence-corrected chi connectivity index (χ4v) is 3.95. The van der Waals surface area contributed by atoms with Crippen molar-refractivity contribution in [3.63, 3.8) is 0 Å². The van der Waals surface area contributed by atoms with Crippen molar-refractivity contribution in [2.24, 2.45) is 0 Å². The minimum atomic E-state index is -0.649. The number of hydrogen-bond acceptors (Lipinski definition) is 6. The van der Waals surface area contributed by atoms with Crippen molar-refractivity contribution in [3.05, 3.63) is 55.9 Å². The van der Waals surface area contributed by atoms with E-state index in [0.717, 1.165) is 22.5 Å².